The molecule has 4 nitrogen and oxygen atoms in total. The fourth-order valence-corrected chi connectivity index (χ4v) is 3.45. The number of carbonyl (C=O) groups excluding carboxylic acids is 1. The van der Waals surface area contributed by atoms with Crippen LogP contribution in [0.4, 0.5) is 0 Å². The first kappa shape index (κ1) is 17.2. The zero-order valence-corrected chi connectivity index (χ0v) is 14.9. The van der Waals surface area contributed by atoms with E-state index in [1.165, 1.54) is 0 Å². The van der Waals surface area contributed by atoms with Gasteiger partial charge in [0, 0.05) is 25.7 Å². The number of hydrogen-bond acceptors (Lipinski definition) is 5. The molecule has 0 atom stereocenters. The van der Waals surface area contributed by atoms with Gasteiger partial charge in [-0.15, -0.1) is 11.3 Å². The molecule has 0 aliphatic heterocycles. The standard InChI is InChI=1S/C20H18O4S/c1-3-13(2)20(22)24-11-10-23-14-8-9-18-16(12-14)19(21)15-6-4-5-7-17(15)25-18/h3-9,12H,10-11H2,1-2H3/b13-3-. The third-order valence-corrected chi connectivity index (χ3v) is 5.04. The molecule has 25 heavy (non-hydrogen) atoms. The molecule has 0 spiro atoms. The van der Waals surface area contributed by atoms with Crippen molar-refractivity contribution in [2.45, 2.75) is 13.8 Å². The molecular formula is C20H18O4S. The summed E-state index contributed by atoms with van der Waals surface area (Å²) >= 11 is 1.58. The highest BCUT2D eigenvalue weighted by atomic mass is 32.1. The Hall–Kier alpha value is -2.66. The molecule has 3 aromatic rings. The first-order valence-electron chi connectivity index (χ1n) is 7.98. The summed E-state index contributed by atoms with van der Waals surface area (Å²) < 4.78 is 12.6. The second kappa shape index (κ2) is 7.49. The first-order chi connectivity index (χ1) is 12.1. The van der Waals surface area contributed by atoms with E-state index in [9.17, 15) is 9.59 Å². The number of hydrogen-bond donors (Lipinski definition) is 0. The average molecular weight is 354 g/mol. The van der Waals surface area contributed by atoms with Crippen LogP contribution in [0.3, 0.4) is 0 Å². The molecule has 0 aliphatic rings. The van der Waals surface area contributed by atoms with Crippen LogP contribution in [-0.2, 0) is 9.53 Å². The summed E-state index contributed by atoms with van der Waals surface area (Å²) in [4.78, 5) is 24.2. The van der Waals surface area contributed by atoms with E-state index in [0.29, 0.717) is 22.1 Å². The number of allylic oxidation sites excluding steroid dienone is 1. The van der Waals surface area contributed by atoms with E-state index in [4.69, 9.17) is 9.47 Å². The maximum Gasteiger partial charge on any atom is 0.333 e. The van der Waals surface area contributed by atoms with E-state index < -0.39 is 0 Å². The molecule has 0 unspecified atom stereocenters. The Kier molecular flexibility index (Phi) is 5.14. The Morgan fingerprint density at radius 3 is 2.64 bits per heavy atom. The summed E-state index contributed by atoms with van der Waals surface area (Å²) in [6.45, 7) is 3.88. The lowest BCUT2D eigenvalue weighted by Crippen LogP contribution is -2.12. The quantitative estimate of drug-likeness (QED) is 0.297. The van der Waals surface area contributed by atoms with Crippen LogP contribution in [0.1, 0.15) is 13.8 Å². The smallest absolute Gasteiger partial charge is 0.333 e. The normalized spacial score (nSPS) is 11.7. The van der Waals surface area contributed by atoms with Gasteiger partial charge in [0.1, 0.15) is 19.0 Å². The molecule has 0 saturated heterocycles. The van der Waals surface area contributed by atoms with Crippen molar-refractivity contribution >= 4 is 37.5 Å². The fourth-order valence-electron chi connectivity index (χ4n) is 2.40. The monoisotopic (exact) mass is 354 g/mol. The van der Waals surface area contributed by atoms with Gasteiger partial charge in [-0.05, 0) is 44.2 Å². The molecule has 3 rings (SSSR count). The van der Waals surface area contributed by atoms with Gasteiger partial charge < -0.3 is 9.47 Å². The molecule has 128 valence electrons. The summed E-state index contributed by atoms with van der Waals surface area (Å²) in [7, 11) is 0. The highest BCUT2D eigenvalue weighted by Gasteiger charge is 2.08. The average Bonchev–Trinajstić information content (AvgIpc) is 2.65. The van der Waals surface area contributed by atoms with Crippen molar-refractivity contribution in [2.24, 2.45) is 0 Å². The Bertz CT molecular complexity index is 1020. The minimum Gasteiger partial charge on any atom is -0.490 e. The summed E-state index contributed by atoms with van der Waals surface area (Å²) in [5, 5.41) is 1.36. The molecule has 0 radical (unpaired) electrons. The summed E-state index contributed by atoms with van der Waals surface area (Å²) in [6, 6.07) is 13.0. The lowest BCUT2D eigenvalue weighted by molar-refractivity contribution is -0.139. The zero-order valence-electron chi connectivity index (χ0n) is 14.1. The summed E-state index contributed by atoms with van der Waals surface area (Å²) in [5.41, 5.74) is 0.569. The van der Waals surface area contributed by atoms with E-state index >= 15 is 0 Å². The van der Waals surface area contributed by atoms with Crippen LogP contribution in [0.15, 0.2) is 58.9 Å². The van der Waals surface area contributed by atoms with Gasteiger partial charge >= 0.3 is 5.97 Å². The maximum atomic E-state index is 12.6. The van der Waals surface area contributed by atoms with Gasteiger partial charge in [0.05, 0.1) is 0 Å². The highest BCUT2D eigenvalue weighted by Crippen LogP contribution is 2.27. The molecule has 0 amide bonds. The zero-order chi connectivity index (χ0) is 17.8. The van der Waals surface area contributed by atoms with Crippen molar-refractivity contribution in [3.63, 3.8) is 0 Å². The number of fused-ring (bicyclic) bond motifs is 2. The Balaban J connectivity index is 1.75. The van der Waals surface area contributed by atoms with Crippen molar-refractivity contribution in [3.8, 4) is 5.75 Å². The molecule has 1 heterocycles. The van der Waals surface area contributed by atoms with Crippen molar-refractivity contribution in [2.75, 3.05) is 13.2 Å². The van der Waals surface area contributed by atoms with Crippen molar-refractivity contribution < 1.29 is 14.3 Å². The van der Waals surface area contributed by atoms with Crippen LogP contribution >= 0.6 is 11.3 Å². The van der Waals surface area contributed by atoms with E-state index in [2.05, 4.69) is 0 Å². The SMILES string of the molecule is C/C=C(/C)C(=O)OCCOc1ccc2sc3ccccc3c(=O)c2c1. The Morgan fingerprint density at radius 2 is 1.84 bits per heavy atom. The predicted octanol–water partition coefficient (Wildman–Crippen LogP) is 4.30. The molecule has 0 bridgehead atoms. The van der Waals surface area contributed by atoms with Crippen LogP contribution in [0.25, 0.3) is 20.2 Å². The minimum atomic E-state index is -0.347. The van der Waals surface area contributed by atoms with Crippen LogP contribution < -0.4 is 10.2 Å². The van der Waals surface area contributed by atoms with Gasteiger partial charge in [-0.2, -0.15) is 0 Å². The molecule has 0 N–H and O–H groups in total. The summed E-state index contributed by atoms with van der Waals surface area (Å²) in [5.74, 6) is 0.241. The molecule has 0 fully saturated rings. The van der Waals surface area contributed by atoms with Gasteiger partial charge in [0.2, 0.25) is 0 Å². The fraction of sp³-hybridized carbons (Fsp3) is 0.200. The summed E-state index contributed by atoms with van der Waals surface area (Å²) in [6.07, 6.45) is 1.70. The van der Waals surface area contributed by atoms with Crippen LogP contribution in [0, 0.1) is 0 Å². The predicted molar refractivity (Wildman–Crippen MR) is 101 cm³/mol. The van der Waals surface area contributed by atoms with Gasteiger partial charge in [-0.25, -0.2) is 4.79 Å². The van der Waals surface area contributed by atoms with Crippen LogP contribution in [-0.4, -0.2) is 19.2 Å². The van der Waals surface area contributed by atoms with Crippen LogP contribution in [0.5, 0.6) is 5.75 Å². The lowest BCUT2D eigenvalue weighted by atomic mass is 10.2. The van der Waals surface area contributed by atoms with Gasteiger partial charge in [-0.3, -0.25) is 4.79 Å². The van der Waals surface area contributed by atoms with E-state index in [1.807, 2.05) is 36.4 Å². The van der Waals surface area contributed by atoms with Gasteiger partial charge in [-0.1, -0.05) is 18.2 Å². The van der Waals surface area contributed by atoms with Crippen molar-refractivity contribution in [1.29, 1.82) is 0 Å². The van der Waals surface area contributed by atoms with E-state index in [-0.39, 0.29) is 24.6 Å². The highest BCUT2D eigenvalue weighted by molar-refractivity contribution is 7.24. The van der Waals surface area contributed by atoms with Crippen LogP contribution in [0.2, 0.25) is 0 Å². The van der Waals surface area contributed by atoms with Gasteiger partial charge in [0.15, 0.2) is 5.43 Å². The van der Waals surface area contributed by atoms with Crippen molar-refractivity contribution in [3.05, 3.63) is 64.3 Å². The molecular weight excluding hydrogens is 336 g/mol. The van der Waals surface area contributed by atoms with Gasteiger partial charge in [0.25, 0.3) is 0 Å². The van der Waals surface area contributed by atoms with E-state index in [1.54, 1.807) is 37.3 Å². The maximum absolute atomic E-state index is 12.6. The molecule has 0 saturated carbocycles. The topological polar surface area (TPSA) is 52.6 Å². The lowest BCUT2D eigenvalue weighted by Gasteiger charge is -2.08. The number of benzene rings is 2. The number of carbonyl (C=O) groups is 1. The second-order valence-electron chi connectivity index (χ2n) is 5.54. The largest absolute Gasteiger partial charge is 0.490 e. The Labute approximate surface area is 149 Å². The Morgan fingerprint density at radius 1 is 1.08 bits per heavy atom. The minimum absolute atomic E-state index is 0.00457. The molecule has 1 aromatic heterocycles. The third-order valence-electron chi connectivity index (χ3n) is 3.89. The second-order valence-corrected chi connectivity index (χ2v) is 6.63. The first-order valence-corrected chi connectivity index (χ1v) is 8.80. The number of ether oxygens (including phenoxy) is 2. The number of rotatable bonds is 5. The van der Waals surface area contributed by atoms with E-state index in [0.717, 1.165) is 9.40 Å². The molecule has 5 heteroatoms. The number of esters is 1. The molecule has 0 aliphatic carbocycles. The molecule has 2 aromatic carbocycles. The van der Waals surface area contributed by atoms with Crippen molar-refractivity contribution in [1.82, 2.24) is 0 Å². The third kappa shape index (κ3) is 3.72.